The second-order valence-corrected chi connectivity index (χ2v) is 4.86. The van der Waals surface area contributed by atoms with Gasteiger partial charge in [0.2, 0.25) is 0 Å². The summed E-state index contributed by atoms with van der Waals surface area (Å²) in [5, 5.41) is 4.61. The van der Waals surface area contributed by atoms with Crippen LogP contribution in [0.25, 0.3) is 10.9 Å². The Bertz CT molecular complexity index is 553. The lowest BCUT2D eigenvalue weighted by Gasteiger charge is -2.06. The first-order valence-corrected chi connectivity index (χ1v) is 7.00. The Hall–Kier alpha value is -1.67. The van der Waals surface area contributed by atoms with Crippen molar-refractivity contribution in [2.24, 2.45) is 0 Å². The van der Waals surface area contributed by atoms with Crippen LogP contribution in [-0.2, 0) is 6.42 Å². The van der Waals surface area contributed by atoms with Gasteiger partial charge >= 0.3 is 0 Å². The first-order chi connectivity index (χ1) is 9.31. The van der Waals surface area contributed by atoms with Gasteiger partial charge in [0.1, 0.15) is 0 Å². The van der Waals surface area contributed by atoms with Crippen LogP contribution in [0.15, 0.2) is 48.2 Å². The molecule has 0 atom stereocenters. The maximum absolute atomic E-state index is 4.41. The summed E-state index contributed by atoms with van der Waals surface area (Å²) in [5.41, 5.74) is 3.87. The Morgan fingerprint density at radius 2 is 2.11 bits per heavy atom. The van der Waals surface area contributed by atoms with Crippen molar-refractivity contribution in [2.75, 3.05) is 13.1 Å². The summed E-state index contributed by atoms with van der Waals surface area (Å²) in [6, 6.07) is 10.5. The van der Waals surface area contributed by atoms with Crippen molar-refractivity contribution in [3.8, 4) is 0 Å². The van der Waals surface area contributed by atoms with E-state index in [1.54, 1.807) is 0 Å². The lowest BCUT2D eigenvalue weighted by Crippen LogP contribution is -2.13. The SMILES string of the molecule is CCNCCC=C(C)Cc1ccnc2ccccc12. The topological polar surface area (TPSA) is 24.9 Å². The van der Waals surface area contributed by atoms with E-state index >= 15 is 0 Å². The van der Waals surface area contributed by atoms with E-state index in [0.717, 1.165) is 31.4 Å². The number of rotatable bonds is 6. The minimum Gasteiger partial charge on any atom is -0.317 e. The fourth-order valence-electron chi connectivity index (χ4n) is 2.28. The average Bonchev–Trinajstić information content (AvgIpc) is 2.44. The van der Waals surface area contributed by atoms with Gasteiger partial charge in [-0.25, -0.2) is 0 Å². The van der Waals surface area contributed by atoms with E-state index < -0.39 is 0 Å². The van der Waals surface area contributed by atoms with Gasteiger partial charge in [-0.05, 0) is 50.6 Å². The van der Waals surface area contributed by atoms with Crippen molar-refractivity contribution in [1.29, 1.82) is 0 Å². The van der Waals surface area contributed by atoms with Gasteiger partial charge in [0.25, 0.3) is 0 Å². The number of nitrogens with zero attached hydrogens (tertiary/aromatic N) is 1. The van der Waals surface area contributed by atoms with Crippen molar-refractivity contribution in [3.05, 3.63) is 53.7 Å². The summed E-state index contributed by atoms with van der Waals surface area (Å²) in [4.78, 5) is 4.41. The molecule has 0 saturated carbocycles. The van der Waals surface area contributed by atoms with Crippen LogP contribution < -0.4 is 5.32 Å². The number of nitrogens with one attached hydrogen (secondary N) is 1. The lowest BCUT2D eigenvalue weighted by atomic mass is 10.0. The molecule has 0 spiro atoms. The quantitative estimate of drug-likeness (QED) is 0.627. The molecule has 100 valence electrons. The summed E-state index contributed by atoms with van der Waals surface area (Å²) in [6.45, 7) is 6.45. The molecule has 1 N–H and O–H groups in total. The number of para-hydroxylation sites is 1. The molecule has 0 fully saturated rings. The molecule has 0 aliphatic rings. The molecule has 19 heavy (non-hydrogen) atoms. The van der Waals surface area contributed by atoms with E-state index in [2.05, 4.69) is 54.5 Å². The average molecular weight is 254 g/mol. The molecular weight excluding hydrogens is 232 g/mol. The Balaban J connectivity index is 2.08. The molecule has 0 aliphatic heterocycles. The Morgan fingerprint density at radius 3 is 2.95 bits per heavy atom. The summed E-state index contributed by atoms with van der Waals surface area (Å²) in [6.07, 6.45) is 6.35. The highest BCUT2D eigenvalue weighted by Crippen LogP contribution is 2.19. The standard InChI is InChI=1S/C17H22N2/c1-3-18-11-6-7-14(2)13-15-10-12-19-17-9-5-4-8-16(15)17/h4-5,7-10,12,18H,3,6,11,13H2,1-2H3. The monoisotopic (exact) mass is 254 g/mol. The lowest BCUT2D eigenvalue weighted by molar-refractivity contribution is 0.724. The van der Waals surface area contributed by atoms with E-state index in [1.807, 2.05) is 12.3 Å². The molecule has 0 saturated heterocycles. The van der Waals surface area contributed by atoms with Gasteiger partial charge in [-0.15, -0.1) is 0 Å². The highest BCUT2D eigenvalue weighted by molar-refractivity contribution is 5.82. The first-order valence-electron chi connectivity index (χ1n) is 7.00. The van der Waals surface area contributed by atoms with Crippen LogP contribution in [0.5, 0.6) is 0 Å². The Kier molecular flexibility index (Phi) is 5.10. The second kappa shape index (κ2) is 7.05. The van der Waals surface area contributed by atoms with Crippen LogP contribution in [0.1, 0.15) is 25.8 Å². The minimum atomic E-state index is 1.01. The van der Waals surface area contributed by atoms with Gasteiger partial charge in [-0.2, -0.15) is 0 Å². The summed E-state index contributed by atoms with van der Waals surface area (Å²) >= 11 is 0. The van der Waals surface area contributed by atoms with Gasteiger partial charge < -0.3 is 5.32 Å². The zero-order valence-electron chi connectivity index (χ0n) is 11.8. The van der Waals surface area contributed by atoms with E-state index in [0.29, 0.717) is 0 Å². The molecule has 2 nitrogen and oxygen atoms in total. The molecule has 2 heteroatoms. The van der Waals surface area contributed by atoms with Gasteiger partial charge in [0.15, 0.2) is 0 Å². The fourth-order valence-corrected chi connectivity index (χ4v) is 2.28. The van der Waals surface area contributed by atoms with E-state index in [9.17, 15) is 0 Å². The molecule has 0 aliphatic carbocycles. The first kappa shape index (κ1) is 13.8. The number of benzene rings is 1. The summed E-state index contributed by atoms with van der Waals surface area (Å²) in [5.74, 6) is 0. The smallest absolute Gasteiger partial charge is 0.0704 e. The van der Waals surface area contributed by atoms with Gasteiger partial charge in [0.05, 0.1) is 5.52 Å². The third kappa shape index (κ3) is 3.90. The van der Waals surface area contributed by atoms with Crippen LogP contribution in [0, 0.1) is 0 Å². The number of pyridine rings is 1. The zero-order valence-corrected chi connectivity index (χ0v) is 11.8. The summed E-state index contributed by atoms with van der Waals surface area (Å²) in [7, 11) is 0. The molecule has 1 heterocycles. The fraction of sp³-hybridized carbons (Fsp3) is 0.353. The van der Waals surface area contributed by atoms with Crippen molar-refractivity contribution < 1.29 is 0 Å². The molecule has 0 unspecified atom stereocenters. The van der Waals surface area contributed by atoms with Gasteiger partial charge in [-0.1, -0.05) is 36.8 Å². The van der Waals surface area contributed by atoms with Crippen LogP contribution in [0.3, 0.4) is 0 Å². The maximum Gasteiger partial charge on any atom is 0.0704 e. The number of hydrogen-bond donors (Lipinski definition) is 1. The molecule has 0 amide bonds. The predicted octanol–water partition coefficient (Wildman–Crippen LogP) is 3.72. The Morgan fingerprint density at radius 1 is 1.26 bits per heavy atom. The highest BCUT2D eigenvalue weighted by Gasteiger charge is 2.01. The predicted molar refractivity (Wildman–Crippen MR) is 82.4 cm³/mol. The maximum atomic E-state index is 4.41. The Labute approximate surface area is 115 Å². The van der Waals surface area contributed by atoms with Crippen molar-refractivity contribution in [3.63, 3.8) is 0 Å². The van der Waals surface area contributed by atoms with E-state index in [-0.39, 0.29) is 0 Å². The number of fused-ring (bicyclic) bond motifs is 1. The zero-order chi connectivity index (χ0) is 13.5. The normalized spacial score (nSPS) is 12.0. The van der Waals surface area contributed by atoms with Crippen molar-refractivity contribution >= 4 is 10.9 Å². The number of allylic oxidation sites excluding steroid dienone is 1. The van der Waals surface area contributed by atoms with Crippen molar-refractivity contribution in [1.82, 2.24) is 10.3 Å². The van der Waals surface area contributed by atoms with E-state index in [4.69, 9.17) is 0 Å². The van der Waals surface area contributed by atoms with Gasteiger partial charge in [0, 0.05) is 11.6 Å². The summed E-state index contributed by atoms with van der Waals surface area (Å²) < 4.78 is 0. The van der Waals surface area contributed by atoms with Crippen LogP contribution in [-0.4, -0.2) is 18.1 Å². The molecule has 0 bridgehead atoms. The second-order valence-electron chi connectivity index (χ2n) is 4.86. The largest absolute Gasteiger partial charge is 0.317 e. The minimum absolute atomic E-state index is 1.01. The molecule has 1 aromatic heterocycles. The van der Waals surface area contributed by atoms with Gasteiger partial charge in [-0.3, -0.25) is 4.98 Å². The van der Waals surface area contributed by atoms with Crippen LogP contribution in [0.4, 0.5) is 0 Å². The molecular formula is C17H22N2. The van der Waals surface area contributed by atoms with Crippen LogP contribution >= 0.6 is 0 Å². The molecule has 2 aromatic rings. The molecule has 0 radical (unpaired) electrons. The van der Waals surface area contributed by atoms with Crippen molar-refractivity contribution in [2.45, 2.75) is 26.7 Å². The molecule has 1 aromatic carbocycles. The number of aromatic nitrogens is 1. The highest BCUT2D eigenvalue weighted by atomic mass is 14.8. The third-order valence-corrected chi connectivity index (χ3v) is 3.27. The van der Waals surface area contributed by atoms with E-state index in [1.165, 1.54) is 16.5 Å². The number of hydrogen-bond acceptors (Lipinski definition) is 2. The molecule has 2 rings (SSSR count). The van der Waals surface area contributed by atoms with Crippen LogP contribution in [0.2, 0.25) is 0 Å². The third-order valence-electron chi connectivity index (χ3n) is 3.27.